The molecule has 0 aromatic heterocycles. The van der Waals surface area contributed by atoms with Crippen molar-refractivity contribution in [2.75, 3.05) is 21.3 Å². The minimum Gasteiger partial charge on any atom is -0.493 e. The maximum Gasteiger partial charge on any atom is 0.165 e. The van der Waals surface area contributed by atoms with Gasteiger partial charge in [0.05, 0.1) is 14.2 Å². The summed E-state index contributed by atoms with van der Waals surface area (Å²) in [7, 11) is 5.29. The maximum atomic E-state index is 6.41. The number of ether oxygens (including phenoxy) is 2. The number of hydrogen-bond donors (Lipinski definition) is 1. The molecule has 0 amide bonds. The van der Waals surface area contributed by atoms with Gasteiger partial charge in [0.1, 0.15) is 0 Å². The lowest BCUT2D eigenvalue weighted by Gasteiger charge is -2.32. The first-order chi connectivity index (χ1) is 8.63. The molecule has 0 bridgehead atoms. The van der Waals surface area contributed by atoms with Crippen LogP contribution in [-0.4, -0.2) is 21.3 Å². The molecule has 2 atom stereocenters. The maximum absolute atomic E-state index is 6.41. The van der Waals surface area contributed by atoms with Gasteiger partial charge in [-0.2, -0.15) is 0 Å². The second-order valence-electron chi connectivity index (χ2n) is 4.74. The Labute approximate surface area is 113 Å². The highest BCUT2D eigenvalue weighted by atomic mass is 35.5. The van der Waals surface area contributed by atoms with Gasteiger partial charge in [-0.3, -0.25) is 0 Å². The smallest absolute Gasteiger partial charge is 0.165 e. The van der Waals surface area contributed by atoms with Crippen LogP contribution in [0.2, 0.25) is 5.02 Å². The Morgan fingerprint density at radius 1 is 1.22 bits per heavy atom. The van der Waals surface area contributed by atoms with Gasteiger partial charge < -0.3 is 14.8 Å². The van der Waals surface area contributed by atoms with E-state index < -0.39 is 0 Å². The van der Waals surface area contributed by atoms with Gasteiger partial charge in [0, 0.05) is 22.7 Å². The zero-order valence-corrected chi connectivity index (χ0v) is 12.1. The number of halogens is 1. The SMILES string of the molecule is CNC1CCC(C)c2c(Cl)cc(OC)c(OC)c21. The van der Waals surface area contributed by atoms with E-state index in [1.54, 1.807) is 14.2 Å². The predicted molar refractivity (Wildman–Crippen MR) is 74.0 cm³/mol. The number of nitrogens with one attached hydrogen (secondary N) is 1. The minimum absolute atomic E-state index is 0.277. The molecule has 0 fully saturated rings. The van der Waals surface area contributed by atoms with Gasteiger partial charge in [-0.1, -0.05) is 18.5 Å². The van der Waals surface area contributed by atoms with Crippen molar-refractivity contribution in [2.24, 2.45) is 0 Å². The molecule has 18 heavy (non-hydrogen) atoms. The third-order valence-electron chi connectivity index (χ3n) is 3.78. The first-order valence-corrected chi connectivity index (χ1v) is 6.63. The van der Waals surface area contributed by atoms with Crippen molar-refractivity contribution >= 4 is 11.6 Å². The largest absolute Gasteiger partial charge is 0.493 e. The zero-order valence-electron chi connectivity index (χ0n) is 11.3. The second-order valence-corrected chi connectivity index (χ2v) is 5.15. The van der Waals surface area contributed by atoms with E-state index in [0.29, 0.717) is 11.7 Å². The second kappa shape index (κ2) is 5.37. The first kappa shape index (κ1) is 13.5. The van der Waals surface area contributed by atoms with E-state index in [-0.39, 0.29) is 6.04 Å². The highest BCUT2D eigenvalue weighted by molar-refractivity contribution is 6.31. The number of hydrogen-bond acceptors (Lipinski definition) is 3. The van der Waals surface area contributed by atoms with Crippen molar-refractivity contribution in [1.29, 1.82) is 0 Å². The summed E-state index contributed by atoms with van der Waals surface area (Å²) >= 11 is 6.41. The van der Waals surface area contributed by atoms with E-state index >= 15 is 0 Å². The summed E-state index contributed by atoms with van der Waals surface area (Å²) in [5.41, 5.74) is 2.35. The molecule has 2 unspecified atom stereocenters. The molecule has 1 aromatic rings. The Morgan fingerprint density at radius 2 is 1.94 bits per heavy atom. The predicted octanol–water partition coefficient (Wildman–Crippen LogP) is 3.52. The van der Waals surface area contributed by atoms with Crippen molar-refractivity contribution in [2.45, 2.75) is 31.7 Å². The summed E-state index contributed by atoms with van der Waals surface area (Å²) in [5, 5.41) is 4.11. The third-order valence-corrected chi connectivity index (χ3v) is 4.09. The zero-order chi connectivity index (χ0) is 13.3. The Morgan fingerprint density at radius 3 is 2.50 bits per heavy atom. The normalized spacial score (nSPS) is 22.5. The summed E-state index contributed by atoms with van der Waals surface area (Å²) < 4.78 is 10.9. The summed E-state index contributed by atoms with van der Waals surface area (Å²) in [5.74, 6) is 1.97. The molecule has 0 radical (unpaired) electrons. The summed E-state index contributed by atoms with van der Waals surface area (Å²) in [6.07, 6.45) is 2.22. The van der Waals surface area contributed by atoms with Crippen LogP contribution >= 0.6 is 11.6 Å². The molecule has 4 heteroatoms. The highest BCUT2D eigenvalue weighted by Gasteiger charge is 2.31. The van der Waals surface area contributed by atoms with Gasteiger partial charge in [-0.05, 0) is 31.4 Å². The average molecular weight is 270 g/mol. The van der Waals surface area contributed by atoms with Crippen molar-refractivity contribution < 1.29 is 9.47 Å². The highest BCUT2D eigenvalue weighted by Crippen LogP contribution is 2.49. The lowest BCUT2D eigenvalue weighted by Crippen LogP contribution is -2.24. The van der Waals surface area contributed by atoms with Crippen LogP contribution in [0, 0.1) is 0 Å². The molecular formula is C14H20ClNO2. The molecule has 100 valence electrons. The Hall–Kier alpha value is -0.930. The van der Waals surface area contributed by atoms with Gasteiger partial charge >= 0.3 is 0 Å². The molecule has 1 N–H and O–H groups in total. The van der Waals surface area contributed by atoms with Crippen molar-refractivity contribution in [3.63, 3.8) is 0 Å². The van der Waals surface area contributed by atoms with Gasteiger partial charge in [-0.15, -0.1) is 0 Å². The Bertz CT molecular complexity index is 448. The quantitative estimate of drug-likeness (QED) is 0.911. The average Bonchev–Trinajstić information content (AvgIpc) is 2.38. The van der Waals surface area contributed by atoms with Gasteiger partial charge in [0.2, 0.25) is 0 Å². The molecule has 2 rings (SSSR count). The number of methoxy groups -OCH3 is 2. The molecule has 0 heterocycles. The molecule has 0 saturated heterocycles. The van der Waals surface area contributed by atoms with Crippen molar-refractivity contribution in [3.05, 3.63) is 22.2 Å². The standard InChI is InChI=1S/C14H20ClNO2/c1-8-5-6-10(16-2)13-12(8)9(15)7-11(17-3)14(13)18-4/h7-8,10,16H,5-6H2,1-4H3. The van der Waals surface area contributed by atoms with Crippen LogP contribution in [0.15, 0.2) is 6.07 Å². The van der Waals surface area contributed by atoms with Gasteiger partial charge in [0.25, 0.3) is 0 Å². The van der Waals surface area contributed by atoms with Crippen LogP contribution in [0.1, 0.15) is 42.9 Å². The summed E-state index contributed by atoms with van der Waals surface area (Å²) in [6, 6.07) is 2.13. The molecule has 3 nitrogen and oxygen atoms in total. The molecule has 0 aliphatic heterocycles. The molecule has 1 aliphatic rings. The number of benzene rings is 1. The molecular weight excluding hydrogens is 250 g/mol. The van der Waals surface area contributed by atoms with Gasteiger partial charge in [-0.25, -0.2) is 0 Å². The molecule has 1 aromatic carbocycles. The minimum atomic E-state index is 0.277. The molecule has 0 saturated carbocycles. The third kappa shape index (κ3) is 2.06. The summed E-state index contributed by atoms with van der Waals surface area (Å²) in [6.45, 7) is 2.21. The molecule has 0 spiro atoms. The van der Waals surface area contributed by atoms with Crippen LogP contribution in [0.4, 0.5) is 0 Å². The van der Waals surface area contributed by atoms with E-state index in [1.807, 2.05) is 13.1 Å². The number of fused-ring (bicyclic) bond motifs is 1. The van der Waals surface area contributed by atoms with Crippen LogP contribution in [0.5, 0.6) is 11.5 Å². The monoisotopic (exact) mass is 269 g/mol. The van der Waals surface area contributed by atoms with Crippen LogP contribution in [-0.2, 0) is 0 Å². The fourth-order valence-electron chi connectivity index (χ4n) is 2.85. The first-order valence-electron chi connectivity index (χ1n) is 6.25. The molecule has 1 aliphatic carbocycles. The van der Waals surface area contributed by atoms with Crippen LogP contribution in [0.25, 0.3) is 0 Å². The fourth-order valence-corrected chi connectivity index (χ4v) is 3.23. The van der Waals surface area contributed by atoms with Crippen molar-refractivity contribution in [1.82, 2.24) is 5.32 Å². The van der Waals surface area contributed by atoms with E-state index in [0.717, 1.165) is 29.2 Å². The van der Waals surface area contributed by atoms with E-state index in [1.165, 1.54) is 5.56 Å². The topological polar surface area (TPSA) is 30.5 Å². The number of rotatable bonds is 3. The van der Waals surface area contributed by atoms with E-state index in [9.17, 15) is 0 Å². The Balaban J connectivity index is 2.69. The Kier molecular flexibility index (Phi) is 4.03. The fraction of sp³-hybridized carbons (Fsp3) is 0.571. The van der Waals surface area contributed by atoms with E-state index in [4.69, 9.17) is 21.1 Å². The lowest BCUT2D eigenvalue weighted by atomic mass is 9.80. The van der Waals surface area contributed by atoms with Crippen LogP contribution in [0.3, 0.4) is 0 Å². The van der Waals surface area contributed by atoms with Gasteiger partial charge in [0.15, 0.2) is 11.5 Å². The lowest BCUT2D eigenvalue weighted by molar-refractivity contribution is 0.339. The van der Waals surface area contributed by atoms with E-state index in [2.05, 4.69) is 12.2 Å². The summed E-state index contributed by atoms with van der Waals surface area (Å²) in [4.78, 5) is 0. The van der Waals surface area contributed by atoms with Crippen LogP contribution < -0.4 is 14.8 Å². The van der Waals surface area contributed by atoms with Crippen molar-refractivity contribution in [3.8, 4) is 11.5 Å².